The monoisotopic (exact) mass is 448 g/mol. The fourth-order valence-electron chi connectivity index (χ4n) is 4.84. The first-order chi connectivity index (χ1) is 16.0. The molecule has 1 aliphatic rings. The maximum absolute atomic E-state index is 14.0. The van der Waals surface area contributed by atoms with Gasteiger partial charge in [-0.3, -0.25) is 0 Å². The van der Waals surface area contributed by atoms with E-state index in [1.807, 2.05) is 6.07 Å². The van der Waals surface area contributed by atoms with Crippen molar-refractivity contribution in [2.24, 2.45) is 5.92 Å². The fraction of sp³-hybridized carbons (Fsp3) is 0.400. The van der Waals surface area contributed by atoms with Crippen molar-refractivity contribution in [2.75, 3.05) is 0 Å². The summed E-state index contributed by atoms with van der Waals surface area (Å²) in [5, 5.41) is 0.545. The zero-order valence-corrected chi connectivity index (χ0v) is 19.3. The number of hydrogen-bond acceptors (Lipinski definition) is 0. The van der Waals surface area contributed by atoms with Crippen molar-refractivity contribution in [3.63, 3.8) is 0 Å². The zero-order valence-electron chi connectivity index (χ0n) is 19.3. The van der Waals surface area contributed by atoms with Gasteiger partial charge in [-0.1, -0.05) is 68.4 Å². The van der Waals surface area contributed by atoms with Crippen molar-refractivity contribution in [1.29, 1.82) is 0 Å². The molecule has 3 aromatic carbocycles. The number of fused-ring (bicyclic) bond motifs is 1. The molecule has 1 saturated carbocycles. The molecule has 0 bridgehead atoms. The molecule has 172 valence electrons. The second-order valence-corrected chi connectivity index (χ2v) is 9.29. The maximum atomic E-state index is 14.0. The Bertz CT molecular complexity index is 1140. The Morgan fingerprint density at radius 3 is 2.30 bits per heavy atom. The number of aryl methyl sites for hydroxylation is 1. The standard InChI is InChI=1S/C30H31F3/c1-2-3-4-5-6-21-7-9-22(10-8-21)11-12-23-13-15-24(16-14-23)25-17-18-27-26(19-25)20-28(31)30(33)29(27)32/h7-10,17-20,23-24H,2-6,13-16H2,1H3. The van der Waals surface area contributed by atoms with Gasteiger partial charge in [0.25, 0.3) is 0 Å². The van der Waals surface area contributed by atoms with E-state index in [0.29, 0.717) is 17.2 Å². The minimum atomic E-state index is -1.41. The van der Waals surface area contributed by atoms with Crippen molar-refractivity contribution < 1.29 is 13.2 Å². The van der Waals surface area contributed by atoms with Gasteiger partial charge in [-0.15, -0.1) is 0 Å². The third kappa shape index (κ3) is 5.80. The lowest BCUT2D eigenvalue weighted by molar-refractivity contribution is 0.385. The number of benzene rings is 3. The largest absolute Gasteiger partial charge is 0.204 e. The van der Waals surface area contributed by atoms with E-state index in [9.17, 15) is 13.2 Å². The first-order valence-corrected chi connectivity index (χ1v) is 12.2. The number of rotatable bonds is 6. The third-order valence-electron chi connectivity index (χ3n) is 6.89. The minimum absolute atomic E-state index is 0.129. The molecular weight excluding hydrogens is 417 g/mol. The Morgan fingerprint density at radius 2 is 1.58 bits per heavy atom. The molecule has 0 atom stereocenters. The summed E-state index contributed by atoms with van der Waals surface area (Å²) >= 11 is 0. The average Bonchev–Trinajstić information content (AvgIpc) is 2.85. The lowest BCUT2D eigenvalue weighted by atomic mass is 9.78. The van der Waals surface area contributed by atoms with Crippen molar-refractivity contribution in [2.45, 2.75) is 70.6 Å². The summed E-state index contributed by atoms with van der Waals surface area (Å²) in [6, 6.07) is 15.0. The number of halogens is 3. The number of unbranched alkanes of at least 4 members (excludes halogenated alkanes) is 3. The molecule has 0 saturated heterocycles. The first-order valence-electron chi connectivity index (χ1n) is 12.2. The van der Waals surface area contributed by atoms with Gasteiger partial charge in [-0.25, -0.2) is 13.2 Å². The molecule has 3 heteroatoms. The van der Waals surface area contributed by atoms with Gasteiger partial charge in [0, 0.05) is 16.9 Å². The molecule has 0 spiro atoms. The van der Waals surface area contributed by atoms with Crippen LogP contribution < -0.4 is 0 Å². The van der Waals surface area contributed by atoms with Crippen molar-refractivity contribution in [3.8, 4) is 11.8 Å². The van der Waals surface area contributed by atoms with E-state index in [-0.39, 0.29) is 5.39 Å². The number of hydrogen-bond donors (Lipinski definition) is 0. The van der Waals surface area contributed by atoms with Crippen LogP contribution in [0.2, 0.25) is 0 Å². The molecule has 4 rings (SSSR count). The molecule has 0 amide bonds. The Labute approximate surface area is 195 Å². The zero-order chi connectivity index (χ0) is 23.2. The predicted molar refractivity (Wildman–Crippen MR) is 130 cm³/mol. The van der Waals surface area contributed by atoms with Crippen LogP contribution in [0.4, 0.5) is 13.2 Å². The molecule has 1 fully saturated rings. The third-order valence-corrected chi connectivity index (χ3v) is 6.89. The van der Waals surface area contributed by atoms with Crippen LogP contribution in [-0.2, 0) is 6.42 Å². The molecule has 0 N–H and O–H groups in total. The highest BCUT2D eigenvalue weighted by molar-refractivity contribution is 5.84. The summed E-state index contributed by atoms with van der Waals surface area (Å²) < 4.78 is 41.1. The first kappa shape index (κ1) is 23.4. The Morgan fingerprint density at radius 1 is 0.818 bits per heavy atom. The molecule has 0 aliphatic heterocycles. The quantitative estimate of drug-likeness (QED) is 0.201. The van der Waals surface area contributed by atoms with Gasteiger partial charge in [0.1, 0.15) is 0 Å². The van der Waals surface area contributed by atoms with Crippen LogP contribution in [0.1, 0.15) is 80.9 Å². The second kappa shape index (κ2) is 10.9. The van der Waals surface area contributed by atoms with Crippen LogP contribution in [0.25, 0.3) is 10.8 Å². The van der Waals surface area contributed by atoms with E-state index in [1.165, 1.54) is 31.2 Å². The van der Waals surface area contributed by atoms with Gasteiger partial charge < -0.3 is 0 Å². The highest BCUT2D eigenvalue weighted by Gasteiger charge is 2.22. The predicted octanol–water partition coefficient (Wildman–Crippen LogP) is 8.71. The van der Waals surface area contributed by atoms with E-state index in [4.69, 9.17) is 0 Å². The second-order valence-electron chi connectivity index (χ2n) is 9.29. The molecule has 0 heterocycles. The van der Waals surface area contributed by atoms with Gasteiger partial charge in [-0.2, -0.15) is 0 Å². The van der Waals surface area contributed by atoms with Crippen LogP contribution in [-0.4, -0.2) is 0 Å². The van der Waals surface area contributed by atoms with Crippen molar-refractivity contribution in [3.05, 3.63) is 82.7 Å². The molecule has 0 unspecified atom stereocenters. The molecule has 0 nitrogen and oxygen atoms in total. The topological polar surface area (TPSA) is 0 Å². The lowest BCUT2D eigenvalue weighted by Crippen LogP contribution is -2.12. The van der Waals surface area contributed by atoms with Gasteiger partial charge in [0.05, 0.1) is 0 Å². The van der Waals surface area contributed by atoms with Crippen LogP contribution in [0, 0.1) is 35.2 Å². The van der Waals surface area contributed by atoms with Gasteiger partial charge >= 0.3 is 0 Å². The fourth-order valence-corrected chi connectivity index (χ4v) is 4.84. The summed E-state index contributed by atoms with van der Waals surface area (Å²) in [4.78, 5) is 0. The van der Waals surface area contributed by atoms with Crippen molar-refractivity contribution >= 4 is 10.8 Å². The highest BCUT2D eigenvalue weighted by Crippen LogP contribution is 2.37. The van der Waals surface area contributed by atoms with E-state index in [0.717, 1.165) is 49.3 Å². The molecular formula is C30H31F3. The highest BCUT2D eigenvalue weighted by atomic mass is 19.2. The molecule has 3 aromatic rings. The summed E-state index contributed by atoms with van der Waals surface area (Å²) in [6.45, 7) is 2.23. The van der Waals surface area contributed by atoms with Crippen LogP contribution in [0.5, 0.6) is 0 Å². The van der Waals surface area contributed by atoms with Gasteiger partial charge in [-0.05, 0) is 79.2 Å². The maximum Gasteiger partial charge on any atom is 0.195 e. The molecule has 0 radical (unpaired) electrons. The Balaban J connectivity index is 1.33. The van der Waals surface area contributed by atoms with Crippen LogP contribution >= 0.6 is 0 Å². The summed E-state index contributed by atoms with van der Waals surface area (Å²) in [7, 11) is 0. The van der Waals surface area contributed by atoms with E-state index in [1.54, 1.807) is 12.1 Å². The average molecular weight is 449 g/mol. The van der Waals surface area contributed by atoms with E-state index >= 15 is 0 Å². The Kier molecular flexibility index (Phi) is 7.76. The van der Waals surface area contributed by atoms with Crippen molar-refractivity contribution in [1.82, 2.24) is 0 Å². The summed E-state index contributed by atoms with van der Waals surface area (Å²) in [6.07, 6.45) is 10.3. The molecule has 1 aliphatic carbocycles. The smallest absolute Gasteiger partial charge is 0.195 e. The lowest BCUT2D eigenvalue weighted by Gasteiger charge is -2.26. The Hall–Kier alpha value is -2.73. The van der Waals surface area contributed by atoms with Gasteiger partial charge in [0.15, 0.2) is 17.5 Å². The normalized spacial score (nSPS) is 18.2. The van der Waals surface area contributed by atoms with Crippen LogP contribution in [0.15, 0.2) is 48.5 Å². The SMILES string of the molecule is CCCCCCc1ccc(C#CC2CCC(c3ccc4c(F)c(F)c(F)cc4c3)CC2)cc1. The minimum Gasteiger partial charge on any atom is -0.204 e. The van der Waals surface area contributed by atoms with Crippen LogP contribution in [0.3, 0.4) is 0 Å². The summed E-state index contributed by atoms with van der Waals surface area (Å²) in [5.74, 6) is 3.86. The molecule has 33 heavy (non-hydrogen) atoms. The van der Waals surface area contributed by atoms with E-state index in [2.05, 4.69) is 43.0 Å². The van der Waals surface area contributed by atoms with E-state index < -0.39 is 17.5 Å². The summed E-state index contributed by atoms with van der Waals surface area (Å²) in [5.41, 5.74) is 3.52. The molecule has 0 aromatic heterocycles. The van der Waals surface area contributed by atoms with Gasteiger partial charge in [0.2, 0.25) is 0 Å².